The number of ether oxygens (including phenoxy) is 1. The van der Waals surface area contributed by atoms with Gasteiger partial charge in [0, 0.05) is 10.9 Å². The number of esters is 1. The standard InChI is InChI=1S/C18H19NO5S2/c20-17(19-15-6-5-13-3-1-2-4-14(13)9-15)10-24-18(21)11-25-16-7-8-26(22,23)12-16/h1-6,9,16H,7-8,10-12H2,(H,19,20)/t16-/m0/s1. The summed E-state index contributed by atoms with van der Waals surface area (Å²) >= 11 is 1.27. The summed E-state index contributed by atoms with van der Waals surface area (Å²) in [5.74, 6) is -0.611. The maximum Gasteiger partial charge on any atom is 0.316 e. The van der Waals surface area contributed by atoms with Crippen LogP contribution in [0.15, 0.2) is 42.5 Å². The molecule has 1 aliphatic rings. The van der Waals surface area contributed by atoms with Crippen LogP contribution in [0, 0.1) is 0 Å². The lowest BCUT2D eigenvalue weighted by molar-refractivity contribution is -0.144. The van der Waals surface area contributed by atoms with Gasteiger partial charge in [-0.05, 0) is 29.3 Å². The van der Waals surface area contributed by atoms with Gasteiger partial charge in [-0.15, -0.1) is 11.8 Å². The molecule has 0 radical (unpaired) electrons. The molecule has 0 unspecified atom stereocenters. The number of anilines is 1. The predicted molar refractivity (Wildman–Crippen MR) is 103 cm³/mol. The summed E-state index contributed by atoms with van der Waals surface area (Å²) in [7, 11) is -2.96. The van der Waals surface area contributed by atoms with Gasteiger partial charge in [-0.3, -0.25) is 9.59 Å². The number of sulfone groups is 1. The van der Waals surface area contributed by atoms with E-state index >= 15 is 0 Å². The van der Waals surface area contributed by atoms with E-state index < -0.39 is 21.7 Å². The van der Waals surface area contributed by atoms with Crippen LogP contribution in [-0.4, -0.2) is 49.4 Å². The third kappa shape index (κ3) is 5.22. The Hall–Kier alpha value is -2.06. The molecular weight excluding hydrogens is 374 g/mol. The van der Waals surface area contributed by atoms with Crippen LogP contribution in [0.1, 0.15) is 6.42 Å². The van der Waals surface area contributed by atoms with Crippen LogP contribution in [-0.2, 0) is 24.2 Å². The number of hydrogen-bond donors (Lipinski definition) is 1. The smallest absolute Gasteiger partial charge is 0.316 e. The van der Waals surface area contributed by atoms with Crippen molar-refractivity contribution in [2.45, 2.75) is 11.7 Å². The van der Waals surface area contributed by atoms with Gasteiger partial charge in [0.15, 0.2) is 16.4 Å². The molecule has 0 aromatic heterocycles. The summed E-state index contributed by atoms with van der Waals surface area (Å²) in [4.78, 5) is 23.6. The molecule has 1 amide bonds. The van der Waals surface area contributed by atoms with E-state index in [1.807, 2.05) is 36.4 Å². The molecule has 6 nitrogen and oxygen atoms in total. The Balaban J connectivity index is 1.42. The maximum atomic E-state index is 11.9. The van der Waals surface area contributed by atoms with Gasteiger partial charge in [-0.2, -0.15) is 0 Å². The molecule has 1 atom stereocenters. The molecule has 0 bridgehead atoms. The van der Waals surface area contributed by atoms with Crippen molar-refractivity contribution in [1.29, 1.82) is 0 Å². The van der Waals surface area contributed by atoms with Crippen LogP contribution in [0.4, 0.5) is 5.69 Å². The van der Waals surface area contributed by atoms with E-state index in [1.165, 1.54) is 11.8 Å². The van der Waals surface area contributed by atoms with E-state index in [0.29, 0.717) is 12.1 Å². The highest BCUT2D eigenvalue weighted by Crippen LogP contribution is 2.24. The zero-order chi connectivity index (χ0) is 18.6. The number of carbonyl (C=O) groups is 2. The van der Waals surface area contributed by atoms with E-state index in [9.17, 15) is 18.0 Å². The Morgan fingerprint density at radius 3 is 2.65 bits per heavy atom. The predicted octanol–water partition coefficient (Wildman–Crippen LogP) is 2.24. The summed E-state index contributed by atoms with van der Waals surface area (Å²) in [5, 5.41) is 4.70. The first-order valence-electron chi connectivity index (χ1n) is 8.18. The molecule has 138 valence electrons. The van der Waals surface area contributed by atoms with Gasteiger partial charge in [0.1, 0.15) is 0 Å². The fourth-order valence-electron chi connectivity index (χ4n) is 2.73. The first kappa shape index (κ1) is 18.7. The highest BCUT2D eigenvalue weighted by atomic mass is 32.2. The second-order valence-electron chi connectivity index (χ2n) is 6.11. The van der Waals surface area contributed by atoms with Crippen LogP contribution in [0.2, 0.25) is 0 Å². The van der Waals surface area contributed by atoms with Crippen molar-refractivity contribution in [3.63, 3.8) is 0 Å². The molecule has 1 aliphatic heterocycles. The highest BCUT2D eigenvalue weighted by Gasteiger charge is 2.28. The lowest BCUT2D eigenvalue weighted by Gasteiger charge is -2.09. The minimum atomic E-state index is -2.96. The van der Waals surface area contributed by atoms with Crippen LogP contribution in [0.3, 0.4) is 0 Å². The van der Waals surface area contributed by atoms with Gasteiger partial charge in [-0.25, -0.2) is 8.42 Å². The van der Waals surface area contributed by atoms with E-state index in [1.54, 1.807) is 6.07 Å². The topological polar surface area (TPSA) is 89.5 Å². The van der Waals surface area contributed by atoms with Gasteiger partial charge < -0.3 is 10.1 Å². The van der Waals surface area contributed by atoms with Crippen LogP contribution in [0.25, 0.3) is 10.8 Å². The molecule has 1 saturated heterocycles. The highest BCUT2D eigenvalue weighted by molar-refractivity contribution is 8.02. The number of carbonyl (C=O) groups excluding carboxylic acids is 2. The summed E-state index contributed by atoms with van der Waals surface area (Å²) < 4.78 is 27.7. The van der Waals surface area contributed by atoms with E-state index in [4.69, 9.17) is 4.74 Å². The number of thioether (sulfide) groups is 1. The minimum absolute atomic E-state index is 0.0451. The number of benzene rings is 2. The maximum absolute atomic E-state index is 11.9. The number of nitrogens with one attached hydrogen (secondary N) is 1. The monoisotopic (exact) mass is 393 g/mol. The minimum Gasteiger partial charge on any atom is -0.455 e. The SMILES string of the molecule is O=C(COC(=O)CS[C@H]1CCS(=O)(=O)C1)Nc1ccc2ccccc2c1. The number of hydrogen-bond acceptors (Lipinski definition) is 6. The molecular formula is C18H19NO5S2. The van der Waals surface area contributed by atoms with Crippen molar-refractivity contribution >= 4 is 49.9 Å². The first-order chi connectivity index (χ1) is 12.4. The Bertz CT molecular complexity index is 926. The van der Waals surface area contributed by atoms with Crippen molar-refractivity contribution in [1.82, 2.24) is 0 Å². The van der Waals surface area contributed by atoms with Gasteiger partial charge >= 0.3 is 5.97 Å². The fraction of sp³-hybridized carbons (Fsp3) is 0.333. The third-order valence-corrected chi connectivity index (χ3v) is 7.28. The largest absolute Gasteiger partial charge is 0.455 e. The van der Waals surface area contributed by atoms with Crippen molar-refractivity contribution in [3.05, 3.63) is 42.5 Å². The van der Waals surface area contributed by atoms with Crippen molar-refractivity contribution in [2.75, 3.05) is 29.2 Å². The van der Waals surface area contributed by atoms with E-state index in [0.717, 1.165) is 10.8 Å². The van der Waals surface area contributed by atoms with Crippen molar-refractivity contribution in [2.24, 2.45) is 0 Å². The van der Waals surface area contributed by atoms with Crippen LogP contribution < -0.4 is 5.32 Å². The lowest BCUT2D eigenvalue weighted by atomic mass is 10.1. The molecule has 0 saturated carbocycles. The van der Waals surface area contributed by atoms with E-state index in [2.05, 4.69) is 5.32 Å². The van der Waals surface area contributed by atoms with Gasteiger partial charge in [-0.1, -0.05) is 30.3 Å². The molecule has 0 spiro atoms. The fourth-order valence-corrected chi connectivity index (χ4v) is 6.17. The van der Waals surface area contributed by atoms with Crippen LogP contribution >= 0.6 is 11.8 Å². The molecule has 1 fully saturated rings. The summed E-state index contributed by atoms with van der Waals surface area (Å²) in [5.41, 5.74) is 0.635. The second kappa shape index (κ2) is 8.09. The average Bonchev–Trinajstić information content (AvgIpc) is 2.97. The zero-order valence-electron chi connectivity index (χ0n) is 14.0. The molecule has 3 rings (SSSR count). The van der Waals surface area contributed by atoms with Crippen LogP contribution in [0.5, 0.6) is 0 Å². The molecule has 0 aliphatic carbocycles. The quantitative estimate of drug-likeness (QED) is 0.757. The molecule has 2 aromatic carbocycles. The molecule has 26 heavy (non-hydrogen) atoms. The van der Waals surface area contributed by atoms with Gasteiger partial charge in [0.05, 0.1) is 17.3 Å². The molecule has 8 heteroatoms. The molecule has 1 heterocycles. The van der Waals surface area contributed by atoms with E-state index in [-0.39, 0.29) is 29.1 Å². The molecule has 2 aromatic rings. The average molecular weight is 393 g/mol. The molecule has 1 N–H and O–H groups in total. The van der Waals surface area contributed by atoms with Gasteiger partial charge in [0.25, 0.3) is 5.91 Å². The number of rotatable bonds is 6. The van der Waals surface area contributed by atoms with Gasteiger partial charge in [0.2, 0.25) is 0 Å². The summed E-state index contributed by atoms with van der Waals surface area (Å²) in [6, 6.07) is 13.3. The normalized spacial score (nSPS) is 18.5. The Morgan fingerprint density at radius 2 is 1.92 bits per heavy atom. The first-order valence-corrected chi connectivity index (χ1v) is 11.0. The van der Waals surface area contributed by atoms with Crippen molar-refractivity contribution < 1.29 is 22.7 Å². The zero-order valence-corrected chi connectivity index (χ0v) is 15.6. The van der Waals surface area contributed by atoms with Crippen molar-refractivity contribution in [3.8, 4) is 0 Å². The summed E-state index contributed by atoms with van der Waals surface area (Å²) in [6.07, 6.45) is 0.558. The number of fused-ring (bicyclic) bond motifs is 1. The summed E-state index contributed by atoms with van der Waals surface area (Å²) in [6.45, 7) is -0.366. The third-order valence-electron chi connectivity index (χ3n) is 4.03. The Labute approximate surface area is 156 Å². The number of amides is 1. The second-order valence-corrected chi connectivity index (χ2v) is 9.62. The Kier molecular flexibility index (Phi) is 5.83. The lowest BCUT2D eigenvalue weighted by Crippen LogP contribution is -2.22. The Morgan fingerprint density at radius 1 is 1.15 bits per heavy atom.